The third kappa shape index (κ3) is 3.09. The summed E-state index contributed by atoms with van der Waals surface area (Å²) >= 11 is 6.07. The molecule has 0 bridgehead atoms. The maximum Gasteiger partial charge on any atom is 0.208 e. The van der Waals surface area contributed by atoms with Crippen molar-refractivity contribution < 1.29 is 8.63 Å². The van der Waals surface area contributed by atoms with Gasteiger partial charge in [0.2, 0.25) is 5.89 Å². The van der Waals surface area contributed by atoms with Crippen molar-refractivity contribution in [1.29, 1.82) is 0 Å². The smallest absolute Gasteiger partial charge is 0.208 e. The second-order valence-corrected chi connectivity index (χ2v) is 6.49. The number of aromatic nitrogens is 1. The van der Waals surface area contributed by atoms with Gasteiger partial charge < -0.3 is 10.2 Å². The fourth-order valence-corrected chi connectivity index (χ4v) is 3.44. The van der Waals surface area contributed by atoms with Crippen molar-refractivity contribution in [3.8, 4) is 0 Å². The van der Waals surface area contributed by atoms with E-state index < -0.39 is 10.8 Å². The van der Waals surface area contributed by atoms with Crippen molar-refractivity contribution in [2.75, 3.05) is 5.73 Å². The minimum absolute atomic E-state index is 0.235. The molecule has 2 N–H and O–H groups in total. The first-order valence-corrected chi connectivity index (χ1v) is 8.22. The summed E-state index contributed by atoms with van der Waals surface area (Å²) < 4.78 is 17.8. The summed E-state index contributed by atoms with van der Waals surface area (Å²) in [5.41, 5.74) is 8.46. The molecule has 0 aliphatic carbocycles. The summed E-state index contributed by atoms with van der Waals surface area (Å²) in [5.74, 6) is 1.03. The molecule has 2 aromatic carbocycles. The monoisotopic (exact) mass is 320 g/mol. The fraction of sp³-hybridized carbons (Fsp3) is 0.133. The van der Waals surface area contributed by atoms with Crippen LogP contribution in [-0.2, 0) is 22.3 Å². The van der Waals surface area contributed by atoms with E-state index in [1.54, 1.807) is 24.3 Å². The molecule has 0 fully saturated rings. The van der Waals surface area contributed by atoms with Crippen LogP contribution in [0.1, 0.15) is 11.5 Å². The number of para-hydroxylation sites is 1. The molecule has 21 heavy (non-hydrogen) atoms. The Morgan fingerprint density at radius 2 is 1.95 bits per heavy atom. The number of oxazole rings is 1. The van der Waals surface area contributed by atoms with E-state index in [1.807, 2.05) is 18.2 Å². The number of anilines is 1. The third-order valence-electron chi connectivity index (χ3n) is 3.05. The zero-order chi connectivity index (χ0) is 14.8. The normalized spacial score (nSPS) is 12.6. The SMILES string of the molecule is Nc1cccc2oc(CS(=O)Cc3ccccc3Cl)nc12. The average Bonchev–Trinajstić information content (AvgIpc) is 2.85. The van der Waals surface area contributed by atoms with Gasteiger partial charge in [-0.15, -0.1) is 0 Å². The van der Waals surface area contributed by atoms with Crippen LogP contribution in [0.4, 0.5) is 5.69 Å². The van der Waals surface area contributed by atoms with Crippen molar-refractivity contribution in [3.63, 3.8) is 0 Å². The Labute approximate surface area is 129 Å². The number of halogens is 1. The number of nitrogen functional groups attached to an aromatic ring is 1. The Hall–Kier alpha value is -1.85. The van der Waals surface area contributed by atoms with Crippen LogP contribution in [0, 0.1) is 0 Å². The molecule has 1 unspecified atom stereocenters. The molecule has 6 heteroatoms. The fourth-order valence-electron chi connectivity index (χ4n) is 2.06. The van der Waals surface area contributed by atoms with Crippen LogP contribution in [0.2, 0.25) is 5.02 Å². The average molecular weight is 321 g/mol. The molecule has 3 aromatic rings. The highest BCUT2D eigenvalue weighted by molar-refractivity contribution is 7.83. The van der Waals surface area contributed by atoms with Gasteiger partial charge in [-0.05, 0) is 23.8 Å². The van der Waals surface area contributed by atoms with Crippen LogP contribution < -0.4 is 5.73 Å². The molecule has 108 valence electrons. The van der Waals surface area contributed by atoms with Crippen LogP contribution in [0.25, 0.3) is 11.1 Å². The second-order valence-electron chi connectivity index (χ2n) is 4.62. The lowest BCUT2D eigenvalue weighted by molar-refractivity contribution is 0.552. The van der Waals surface area contributed by atoms with Crippen LogP contribution in [-0.4, -0.2) is 9.19 Å². The van der Waals surface area contributed by atoms with Gasteiger partial charge in [-0.25, -0.2) is 4.98 Å². The summed E-state index contributed by atoms with van der Waals surface area (Å²) in [6, 6.07) is 12.7. The van der Waals surface area contributed by atoms with Crippen LogP contribution in [0.5, 0.6) is 0 Å². The quantitative estimate of drug-likeness (QED) is 0.747. The van der Waals surface area contributed by atoms with Gasteiger partial charge in [0, 0.05) is 15.8 Å². The first kappa shape index (κ1) is 14.1. The summed E-state index contributed by atoms with van der Waals surface area (Å²) in [6.45, 7) is 0. The molecule has 1 heterocycles. The molecule has 0 saturated carbocycles. The van der Waals surface area contributed by atoms with Crippen molar-refractivity contribution in [2.24, 2.45) is 0 Å². The lowest BCUT2D eigenvalue weighted by atomic mass is 10.2. The maximum atomic E-state index is 12.2. The number of rotatable bonds is 4. The Morgan fingerprint density at radius 3 is 2.71 bits per heavy atom. The van der Waals surface area contributed by atoms with Gasteiger partial charge in [-0.1, -0.05) is 35.9 Å². The van der Waals surface area contributed by atoms with Gasteiger partial charge >= 0.3 is 0 Å². The van der Waals surface area contributed by atoms with Gasteiger partial charge in [-0.2, -0.15) is 0 Å². The molecule has 0 saturated heterocycles. The van der Waals surface area contributed by atoms with E-state index in [9.17, 15) is 4.21 Å². The number of nitrogens with two attached hydrogens (primary N) is 1. The molecule has 3 rings (SSSR count). The molecule has 0 spiro atoms. The molecular formula is C15H13ClN2O2S. The van der Waals surface area contributed by atoms with Crippen LogP contribution in [0.3, 0.4) is 0 Å². The summed E-state index contributed by atoms with van der Waals surface area (Å²) in [6.07, 6.45) is 0. The van der Waals surface area contributed by atoms with Gasteiger partial charge in [-0.3, -0.25) is 4.21 Å². The molecule has 0 radical (unpaired) electrons. The molecule has 0 aliphatic heterocycles. The van der Waals surface area contributed by atoms with E-state index in [0.29, 0.717) is 33.5 Å². The van der Waals surface area contributed by atoms with Crippen LogP contribution >= 0.6 is 11.6 Å². The molecule has 4 nitrogen and oxygen atoms in total. The van der Waals surface area contributed by atoms with Crippen molar-refractivity contribution in [2.45, 2.75) is 11.5 Å². The highest BCUT2D eigenvalue weighted by Gasteiger charge is 2.12. The number of nitrogens with zero attached hydrogens (tertiary/aromatic N) is 1. The molecular weight excluding hydrogens is 308 g/mol. The topological polar surface area (TPSA) is 69.1 Å². The molecule has 0 aliphatic rings. The van der Waals surface area contributed by atoms with Crippen molar-refractivity contribution in [1.82, 2.24) is 4.98 Å². The highest BCUT2D eigenvalue weighted by Crippen LogP contribution is 2.23. The zero-order valence-electron chi connectivity index (χ0n) is 11.1. The van der Waals surface area contributed by atoms with Gasteiger partial charge in [0.1, 0.15) is 11.3 Å². The number of hydrogen-bond donors (Lipinski definition) is 1. The van der Waals surface area contributed by atoms with Crippen molar-refractivity contribution >= 4 is 39.2 Å². The molecule has 0 amide bonds. The number of hydrogen-bond acceptors (Lipinski definition) is 4. The van der Waals surface area contributed by atoms with E-state index in [2.05, 4.69) is 4.98 Å². The highest BCUT2D eigenvalue weighted by atomic mass is 35.5. The standard InChI is InChI=1S/C15H13ClN2O2S/c16-11-5-2-1-4-10(11)8-21(19)9-14-18-15-12(17)6-3-7-13(15)20-14/h1-7H,8-9,17H2. The van der Waals surface area contributed by atoms with Crippen molar-refractivity contribution in [3.05, 3.63) is 58.9 Å². The lowest BCUT2D eigenvalue weighted by Gasteiger charge is -2.02. The summed E-state index contributed by atoms with van der Waals surface area (Å²) in [7, 11) is -1.15. The van der Waals surface area contributed by atoms with E-state index in [1.165, 1.54) is 0 Å². The Bertz CT molecular complexity index is 816. The van der Waals surface area contributed by atoms with E-state index in [4.69, 9.17) is 21.8 Å². The lowest BCUT2D eigenvalue weighted by Crippen LogP contribution is -2.00. The molecule has 1 atom stereocenters. The minimum Gasteiger partial charge on any atom is -0.440 e. The number of fused-ring (bicyclic) bond motifs is 1. The minimum atomic E-state index is -1.15. The van der Waals surface area contributed by atoms with Crippen LogP contribution in [0.15, 0.2) is 46.9 Å². The van der Waals surface area contributed by atoms with E-state index in [0.717, 1.165) is 5.56 Å². The van der Waals surface area contributed by atoms with Gasteiger partial charge in [0.15, 0.2) is 5.58 Å². The van der Waals surface area contributed by atoms with E-state index >= 15 is 0 Å². The van der Waals surface area contributed by atoms with Gasteiger partial charge in [0.25, 0.3) is 0 Å². The second kappa shape index (κ2) is 5.87. The first-order chi connectivity index (χ1) is 10.1. The van der Waals surface area contributed by atoms with Gasteiger partial charge in [0.05, 0.1) is 11.4 Å². The predicted molar refractivity (Wildman–Crippen MR) is 85.4 cm³/mol. The Morgan fingerprint density at radius 1 is 1.14 bits per heavy atom. The Balaban J connectivity index is 1.77. The van der Waals surface area contributed by atoms with E-state index in [-0.39, 0.29) is 5.75 Å². The zero-order valence-corrected chi connectivity index (χ0v) is 12.7. The summed E-state index contributed by atoms with van der Waals surface area (Å²) in [5, 5.41) is 0.618. The summed E-state index contributed by atoms with van der Waals surface area (Å²) in [4.78, 5) is 4.30. The third-order valence-corrected chi connectivity index (χ3v) is 4.62. The largest absolute Gasteiger partial charge is 0.440 e. The Kier molecular flexibility index (Phi) is 3.94. The molecule has 1 aromatic heterocycles. The first-order valence-electron chi connectivity index (χ1n) is 6.36. The predicted octanol–water partition coefficient (Wildman–Crippen LogP) is 3.51. The number of benzene rings is 2. The maximum absolute atomic E-state index is 12.2.